The van der Waals surface area contributed by atoms with E-state index in [1.807, 2.05) is 61.5 Å². The van der Waals surface area contributed by atoms with Crippen LogP contribution in [0.2, 0.25) is 0 Å². The number of nitrogens with one attached hydrogen (secondary N) is 3. The molecule has 0 aliphatic carbocycles. The zero-order valence-electron chi connectivity index (χ0n) is 16.1. The largest absolute Gasteiger partial charge is 0.338 e. The number of H-pyrrole nitrogens is 1. The zero-order chi connectivity index (χ0) is 20.7. The molecule has 0 bridgehead atoms. The van der Waals surface area contributed by atoms with Crippen LogP contribution in [-0.4, -0.2) is 27.0 Å². The van der Waals surface area contributed by atoms with Gasteiger partial charge in [0.2, 0.25) is 5.91 Å². The first-order valence-electron chi connectivity index (χ1n) is 9.55. The Bertz CT molecular complexity index is 1260. The average Bonchev–Trinajstić information content (AvgIpc) is 3.18. The standard InChI is InChI=1S/C23H18N4O2S/c1-13-22(28)27-19-12-14(10-11-20(19)30-13)23(29)26-16-7-3-2-6-15(16)21-24-17-8-4-5-9-18(17)25-21/h2-13H,1H3,(H,24,25)(H,26,29)(H,27,28). The lowest BCUT2D eigenvalue weighted by Crippen LogP contribution is -2.26. The van der Waals surface area contributed by atoms with E-state index in [-0.39, 0.29) is 17.1 Å². The molecule has 1 aliphatic heterocycles. The second-order valence-corrected chi connectivity index (χ2v) is 8.45. The van der Waals surface area contributed by atoms with Crippen LogP contribution in [0.3, 0.4) is 0 Å². The van der Waals surface area contributed by atoms with Crippen LogP contribution in [0.5, 0.6) is 0 Å². The number of carbonyl (C=O) groups excluding carboxylic acids is 2. The summed E-state index contributed by atoms with van der Waals surface area (Å²) in [5.74, 6) is 0.384. The van der Waals surface area contributed by atoms with Gasteiger partial charge in [-0.3, -0.25) is 9.59 Å². The van der Waals surface area contributed by atoms with Crippen LogP contribution in [0, 0.1) is 0 Å². The Morgan fingerprint density at radius 1 is 1.07 bits per heavy atom. The van der Waals surface area contributed by atoms with Gasteiger partial charge in [0.15, 0.2) is 0 Å². The van der Waals surface area contributed by atoms with E-state index in [0.29, 0.717) is 22.8 Å². The molecule has 0 saturated heterocycles. The third-order valence-electron chi connectivity index (χ3n) is 4.99. The second kappa shape index (κ2) is 7.35. The molecule has 0 radical (unpaired) electrons. The number of hydrogen-bond acceptors (Lipinski definition) is 4. The molecule has 1 aromatic heterocycles. The number of aromatic amines is 1. The summed E-state index contributed by atoms with van der Waals surface area (Å²) >= 11 is 1.49. The van der Waals surface area contributed by atoms with Gasteiger partial charge in [-0.15, -0.1) is 11.8 Å². The molecule has 3 aromatic carbocycles. The van der Waals surface area contributed by atoms with Gasteiger partial charge >= 0.3 is 0 Å². The van der Waals surface area contributed by atoms with Crippen LogP contribution in [0.4, 0.5) is 11.4 Å². The minimum Gasteiger partial charge on any atom is -0.338 e. The van der Waals surface area contributed by atoms with Crippen LogP contribution in [0.15, 0.2) is 71.6 Å². The van der Waals surface area contributed by atoms with E-state index in [1.165, 1.54) is 11.8 Å². The molecule has 1 unspecified atom stereocenters. The van der Waals surface area contributed by atoms with Gasteiger partial charge in [0.05, 0.1) is 27.7 Å². The summed E-state index contributed by atoms with van der Waals surface area (Å²) in [6, 6.07) is 20.7. The van der Waals surface area contributed by atoms with Gasteiger partial charge in [0.25, 0.3) is 5.91 Å². The first kappa shape index (κ1) is 18.4. The molecule has 4 aromatic rings. The fraction of sp³-hybridized carbons (Fsp3) is 0.0870. The van der Waals surface area contributed by atoms with E-state index >= 15 is 0 Å². The number of para-hydroxylation sites is 3. The van der Waals surface area contributed by atoms with Gasteiger partial charge in [-0.05, 0) is 49.4 Å². The zero-order valence-corrected chi connectivity index (χ0v) is 16.9. The highest BCUT2D eigenvalue weighted by molar-refractivity contribution is 8.00. The second-order valence-electron chi connectivity index (χ2n) is 7.06. The van der Waals surface area contributed by atoms with Crippen molar-refractivity contribution in [2.45, 2.75) is 17.1 Å². The lowest BCUT2D eigenvalue weighted by Gasteiger charge is -2.21. The molecule has 5 rings (SSSR count). The van der Waals surface area contributed by atoms with Crippen LogP contribution in [0.1, 0.15) is 17.3 Å². The maximum absolute atomic E-state index is 12.9. The number of benzene rings is 3. The number of carbonyl (C=O) groups is 2. The van der Waals surface area contributed by atoms with Crippen molar-refractivity contribution in [1.29, 1.82) is 0 Å². The first-order chi connectivity index (χ1) is 14.6. The molecule has 148 valence electrons. The summed E-state index contributed by atoms with van der Waals surface area (Å²) in [6.45, 7) is 1.86. The van der Waals surface area contributed by atoms with E-state index in [9.17, 15) is 9.59 Å². The first-order valence-corrected chi connectivity index (χ1v) is 10.4. The molecule has 0 saturated carbocycles. The van der Waals surface area contributed by atoms with Crippen molar-refractivity contribution < 1.29 is 9.59 Å². The van der Waals surface area contributed by atoms with Crippen LogP contribution < -0.4 is 10.6 Å². The predicted molar refractivity (Wildman–Crippen MR) is 120 cm³/mol. The summed E-state index contributed by atoms with van der Waals surface area (Å²) in [4.78, 5) is 33.8. The maximum atomic E-state index is 12.9. The number of hydrogen-bond donors (Lipinski definition) is 3. The highest BCUT2D eigenvalue weighted by atomic mass is 32.2. The van der Waals surface area contributed by atoms with E-state index < -0.39 is 0 Å². The van der Waals surface area contributed by atoms with E-state index in [2.05, 4.69) is 20.6 Å². The Morgan fingerprint density at radius 3 is 2.73 bits per heavy atom. The molecule has 2 heterocycles. The van der Waals surface area contributed by atoms with Gasteiger partial charge in [-0.25, -0.2) is 4.98 Å². The highest BCUT2D eigenvalue weighted by Crippen LogP contribution is 2.36. The van der Waals surface area contributed by atoms with E-state index in [1.54, 1.807) is 12.1 Å². The van der Waals surface area contributed by atoms with Crippen molar-refractivity contribution >= 4 is 46.0 Å². The number of fused-ring (bicyclic) bond motifs is 2. The van der Waals surface area contributed by atoms with Crippen molar-refractivity contribution in [3.63, 3.8) is 0 Å². The van der Waals surface area contributed by atoms with Crippen molar-refractivity contribution in [3.05, 3.63) is 72.3 Å². The lowest BCUT2D eigenvalue weighted by molar-refractivity contribution is -0.115. The fourth-order valence-electron chi connectivity index (χ4n) is 3.42. The Labute approximate surface area is 177 Å². The van der Waals surface area contributed by atoms with Gasteiger partial charge in [0.1, 0.15) is 5.82 Å². The van der Waals surface area contributed by atoms with Gasteiger partial charge < -0.3 is 15.6 Å². The number of thioether (sulfide) groups is 1. The topological polar surface area (TPSA) is 86.9 Å². The third kappa shape index (κ3) is 3.33. The molecule has 3 N–H and O–H groups in total. The molecule has 6 nitrogen and oxygen atoms in total. The number of nitrogens with zero attached hydrogens (tertiary/aromatic N) is 1. The van der Waals surface area contributed by atoms with Gasteiger partial charge in [0, 0.05) is 16.0 Å². The van der Waals surface area contributed by atoms with Crippen LogP contribution in [-0.2, 0) is 4.79 Å². The highest BCUT2D eigenvalue weighted by Gasteiger charge is 2.24. The predicted octanol–water partition coefficient (Wildman–Crippen LogP) is 4.91. The van der Waals surface area contributed by atoms with Crippen molar-refractivity contribution in [2.24, 2.45) is 0 Å². The maximum Gasteiger partial charge on any atom is 0.255 e. The van der Waals surface area contributed by atoms with Crippen molar-refractivity contribution in [3.8, 4) is 11.4 Å². The van der Waals surface area contributed by atoms with Crippen LogP contribution >= 0.6 is 11.8 Å². The molecule has 0 fully saturated rings. The van der Waals surface area contributed by atoms with E-state index in [4.69, 9.17) is 0 Å². The fourth-order valence-corrected chi connectivity index (χ4v) is 4.35. The molecule has 30 heavy (non-hydrogen) atoms. The Balaban J connectivity index is 1.45. The summed E-state index contributed by atoms with van der Waals surface area (Å²) in [7, 11) is 0. The summed E-state index contributed by atoms with van der Waals surface area (Å²) in [5, 5.41) is 5.70. The third-order valence-corrected chi connectivity index (χ3v) is 6.17. The number of rotatable bonds is 3. The number of anilines is 2. The number of amides is 2. The van der Waals surface area contributed by atoms with Crippen LogP contribution in [0.25, 0.3) is 22.4 Å². The minimum absolute atomic E-state index is 0.0553. The smallest absolute Gasteiger partial charge is 0.255 e. The molecular weight excluding hydrogens is 396 g/mol. The molecule has 1 aliphatic rings. The molecule has 1 atom stereocenters. The Kier molecular flexibility index (Phi) is 4.52. The minimum atomic E-state index is -0.251. The summed E-state index contributed by atoms with van der Waals surface area (Å²) in [5.41, 5.74) is 4.41. The van der Waals surface area contributed by atoms with E-state index in [0.717, 1.165) is 21.5 Å². The quantitative estimate of drug-likeness (QED) is 0.444. The SMILES string of the molecule is CC1Sc2ccc(C(=O)Nc3ccccc3-c3nc4ccccc4[nH]3)cc2NC1=O. The number of aromatic nitrogens is 2. The molecular formula is C23H18N4O2S. The summed E-state index contributed by atoms with van der Waals surface area (Å²) in [6.07, 6.45) is 0. The normalized spacial score (nSPS) is 15.5. The molecule has 2 amide bonds. The average molecular weight is 414 g/mol. The number of imidazole rings is 1. The monoisotopic (exact) mass is 414 g/mol. The Hall–Kier alpha value is -3.58. The van der Waals surface area contributed by atoms with Crippen molar-refractivity contribution in [1.82, 2.24) is 9.97 Å². The molecule has 7 heteroatoms. The molecule has 0 spiro atoms. The summed E-state index contributed by atoms with van der Waals surface area (Å²) < 4.78 is 0. The van der Waals surface area contributed by atoms with Gasteiger partial charge in [-0.1, -0.05) is 24.3 Å². The lowest BCUT2D eigenvalue weighted by atomic mass is 10.1. The van der Waals surface area contributed by atoms with Crippen molar-refractivity contribution in [2.75, 3.05) is 10.6 Å². The van der Waals surface area contributed by atoms with Gasteiger partial charge in [-0.2, -0.15) is 0 Å². The Morgan fingerprint density at radius 2 is 1.87 bits per heavy atom.